The SMILES string of the molecule is CC(CCN)NCc1ccc2nccnc2c1. The number of nitrogens with zero attached hydrogens (tertiary/aromatic N) is 2. The van der Waals surface area contributed by atoms with Crippen LogP contribution in [0.25, 0.3) is 11.0 Å². The van der Waals surface area contributed by atoms with E-state index in [-0.39, 0.29) is 0 Å². The van der Waals surface area contributed by atoms with Gasteiger partial charge in [0.05, 0.1) is 11.0 Å². The van der Waals surface area contributed by atoms with Crippen molar-refractivity contribution in [3.05, 3.63) is 36.2 Å². The molecule has 0 fully saturated rings. The number of fused-ring (bicyclic) bond motifs is 1. The zero-order valence-corrected chi connectivity index (χ0v) is 10.1. The van der Waals surface area contributed by atoms with Gasteiger partial charge in [-0.2, -0.15) is 0 Å². The van der Waals surface area contributed by atoms with E-state index in [1.807, 2.05) is 6.07 Å². The van der Waals surface area contributed by atoms with Crippen molar-refractivity contribution in [2.45, 2.75) is 25.9 Å². The van der Waals surface area contributed by atoms with Crippen LogP contribution in [-0.4, -0.2) is 22.6 Å². The van der Waals surface area contributed by atoms with E-state index >= 15 is 0 Å². The molecule has 90 valence electrons. The molecule has 0 amide bonds. The summed E-state index contributed by atoms with van der Waals surface area (Å²) in [6, 6.07) is 6.61. The lowest BCUT2D eigenvalue weighted by molar-refractivity contribution is 0.520. The van der Waals surface area contributed by atoms with Crippen molar-refractivity contribution in [3.8, 4) is 0 Å². The van der Waals surface area contributed by atoms with Gasteiger partial charge < -0.3 is 11.1 Å². The van der Waals surface area contributed by atoms with Gasteiger partial charge in [-0.05, 0) is 37.6 Å². The molecule has 1 unspecified atom stereocenters. The smallest absolute Gasteiger partial charge is 0.0890 e. The van der Waals surface area contributed by atoms with E-state index in [2.05, 4.69) is 34.3 Å². The molecular formula is C13H18N4. The average Bonchev–Trinajstić information content (AvgIpc) is 2.36. The Labute approximate surface area is 101 Å². The molecular weight excluding hydrogens is 212 g/mol. The van der Waals surface area contributed by atoms with Crippen molar-refractivity contribution in [1.82, 2.24) is 15.3 Å². The van der Waals surface area contributed by atoms with Crippen molar-refractivity contribution in [3.63, 3.8) is 0 Å². The summed E-state index contributed by atoms with van der Waals surface area (Å²) in [6.07, 6.45) is 4.42. The summed E-state index contributed by atoms with van der Waals surface area (Å²) < 4.78 is 0. The Morgan fingerprint density at radius 1 is 1.24 bits per heavy atom. The van der Waals surface area contributed by atoms with E-state index in [1.165, 1.54) is 5.56 Å². The molecule has 0 radical (unpaired) electrons. The first kappa shape index (κ1) is 12.0. The summed E-state index contributed by atoms with van der Waals surface area (Å²) in [6.45, 7) is 3.71. The van der Waals surface area contributed by atoms with Gasteiger partial charge in [0, 0.05) is 25.0 Å². The first-order chi connectivity index (χ1) is 8.29. The van der Waals surface area contributed by atoms with Crippen LogP contribution in [0.3, 0.4) is 0 Å². The topological polar surface area (TPSA) is 63.8 Å². The molecule has 2 rings (SSSR count). The highest BCUT2D eigenvalue weighted by atomic mass is 14.9. The van der Waals surface area contributed by atoms with E-state index in [0.29, 0.717) is 6.04 Å². The fraction of sp³-hybridized carbons (Fsp3) is 0.385. The Hall–Kier alpha value is -1.52. The van der Waals surface area contributed by atoms with Crippen LogP contribution in [0.15, 0.2) is 30.6 Å². The summed E-state index contributed by atoms with van der Waals surface area (Å²) in [5, 5.41) is 3.44. The van der Waals surface area contributed by atoms with Crippen LogP contribution in [-0.2, 0) is 6.54 Å². The number of benzene rings is 1. The second kappa shape index (κ2) is 5.70. The summed E-state index contributed by atoms with van der Waals surface area (Å²) in [4.78, 5) is 8.54. The van der Waals surface area contributed by atoms with Crippen LogP contribution in [0.5, 0.6) is 0 Å². The molecule has 1 atom stereocenters. The predicted molar refractivity (Wildman–Crippen MR) is 69.5 cm³/mol. The molecule has 1 aromatic carbocycles. The van der Waals surface area contributed by atoms with E-state index in [0.717, 1.165) is 30.5 Å². The van der Waals surface area contributed by atoms with E-state index < -0.39 is 0 Å². The Morgan fingerprint density at radius 2 is 2.00 bits per heavy atom. The largest absolute Gasteiger partial charge is 0.330 e. The zero-order chi connectivity index (χ0) is 12.1. The summed E-state index contributed by atoms with van der Waals surface area (Å²) in [5.74, 6) is 0. The molecule has 0 aliphatic rings. The minimum Gasteiger partial charge on any atom is -0.330 e. The Morgan fingerprint density at radius 3 is 2.76 bits per heavy atom. The van der Waals surface area contributed by atoms with E-state index in [1.54, 1.807) is 12.4 Å². The van der Waals surface area contributed by atoms with E-state index in [4.69, 9.17) is 5.73 Å². The maximum atomic E-state index is 5.51. The summed E-state index contributed by atoms with van der Waals surface area (Å²) in [5.41, 5.74) is 8.62. The Kier molecular flexibility index (Phi) is 4.01. The fourth-order valence-electron chi connectivity index (χ4n) is 1.76. The van der Waals surface area contributed by atoms with Gasteiger partial charge in [0.25, 0.3) is 0 Å². The van der Waals surface area contributed by atoms with Crippen molar-refractivity contribution in [2.75, 3.05) is 6.54 Å². The highest BCUT2D eigenvalue weighted by Gasteiger charge is 2.01. The maximum absolute atomic E-state index is 5.51. The molecule has 17 heavy (non-hydrogen) atoms. The molecule has 0 bridgehead atoms. The number of rotatable bonds is 5. The second-order valence-electron chi connectivity index (χ2n) is 4.24. The van der Waals surface area contributed by atoms with Gasteiger partial charge in [-0.3, -0.25) is 9.97 Å². The average molecular weight is 230 g/mol. The lowest BCUT2D eigenvalue weighted by atomic mass is 10.1. The van der Waals surface area contributed by atoms with Gasteiger partial charge in [0.15, 0.2) is 0 Å². The van der Waals surface area contributed by atoms with Crippen molar-refractivity contribution in [1.29, 1.82) is 0 Å². The standard InChI is InChI=1S/C13H18N4/c1-10(4-5-14)17-9-11-2-3-12-13(8-11)16-7-6-15-12/h2-3,6-8,10,17H,4-5,9,14H2,1H3. The third kappa shape index (κ3) is 3.22. The molecule has 0 saturated carbocycles. The highest BCUT2D eigenvalue weighted by molar-refractivity contribution is 5.74. The molecule has 0 aliphatic carbocycles. The first-order valence-corrected chi connectivity index (χ1v) is 5.92. The zero-order valence-electron chi connectivity index (χ0n) is 10.1. The molecule has 0 spiro atoms. The normalized spacial score (nSPS) is 12.8. The van der Waals surface area contributed by atoms with Gasteiger partial charge in [0.2, 0.25) is 0 Å². The maximum Gasteiger partial charge on any atom is 0.0890 e. The quantitative estimate of drug-likeness (QED) is 0.816. The predicted octanol–water partition coefficient (Wildman–Crippen LogP) is 1.46. The Bertz CT molecular complexity index is 484. The Balaban J connectivity index is 2.04. The third-order valence-corrected chi connectivity index (χ3v) is 2.79. The first-order valence-electron chi connectivity index (χ1n) is 5.92. The van der Waals surface area contributed by atoms with Gasteiger partial charge in [-0.25, -0.2) is 0 Å². The number of aromatic nitrogens is 2. The summed E-state index contributed by atoms with van der Waals surface area (Å²) >= 11 is 0. The number of nitrogens with one attached hydrogen (secondary N) is 1. The molecule has 3 N–H and O–H groups in total. The van der Waals surface area contributed by atoms with Crippen LogP contribution in [0.4, 0.5) is 0 Å². The van der Waals surface area contributed by atoms with Crippen molar-refractivity contribution < 1.29 is 0 Å². The van der Waals surface area contributed by atoms with Gasteiger partial charge in [-0.1, -0.05) is 6.07 Å². The minimum absolute atomic E-state index is 0.442. The number of hydrogen-bond donors (Lipinski definition) is 2. The molecule has 4 heteroatoms. The fourth-order valence-corrected chi connectivity index (χ4v) is 1.76. The molecule has 4 nitrogen and oxygen atoms in total. The highest BCUT2D eigenvalue weighted by Crippen LogP contribution is 2.10. The van der Waals surface area contributed by atoms with Gasteiger partial charge >= 0.3 is 0 Å². The van der Waals surface area contributed by atoms with Gasteiger partial charge in [-0.15, -0.1) is 0 Å². The molecule has 0 saturated heterocycles. The lowest BCUT2D eigenvalue weighted by Crippen LogP contribution is -2.27. The molecule has 0 aliphatic heterocycles. The monoisotopic (exact) mass is 230 g/mol. The van der Waals surface area contributed by atoms with Crippen LogP contribution in [0.1, 0.15) is 18.9 Å². The van der Waals surface area contributed by atoms with Crippen molar-refractivity contribution in [2.24, 2.45) is 5.73 Å². The minimum atomic E-state index is 0.442. The van der Waals surface area contributed by atoms with Crippen LogP contribution in [0, 0.1) is 0 Å². The summed E-state index contributed by atoms with van der Waals surface area (Å²) in [7, 11) is 0. The van der Waals surface area contributed by atoms with Crippen LogP contribution in [0.2, 0.25) is 0 Å². The van der Waals surface area contributed by atoms with Crippen LogP contribution < -0.4 is 11.1 Å². The number of hydrogen-bond acceptors (Lipinski definition) is 4. The van der Waals surface area contributed by atoms with Crippen molar-refractivity contribution >= 4 is 11.0 Å². The van der Waals surface area contributed by atoms with Gasteiger partial charge in [0.1, 0.15) is 0 Å². The molecule has 2 aromatic rings. The lowest BCUT2D eigenvalue weighted by Gasteiger charge is -2.12. The third-order valence-electron chi connectivity index (χ3n) is 2.79. The van der Waals surface area contributed by atoms with Crippen LogP contribution >= 0.6 is 0 Å². The number of nitrogens with two attached hydrogens (primary N) is 1. The molecule has 1 heterocycles. The molecule has 1 aromatic heterocycles. The van der Waals surface area contributed by atoms with E-state index in [9.17, 15) is 0 Å². The second-order valence-corrected chi connectivity index (χ2v) is 4.24.